The van der Waals surface area contributed by atoms with Gasteiger partial charge in [0.05, 0.1) is 11.2 Å². The zero-order valence-electron chi connectivity index (χ0n) is 10.8. The van der Waals surface area contributed by atoms with Crippen LogP contribution in [0.1, 0.15) is 6.92 Å². The Bertz CT molecular complexity index is 622. The van der Waals surface area contributed by atoms with E-state index in [2.05, 4.69) is 15.7 Å². The summed E-state index contributed by atoms with van der Waals surface area (Å²) in [5, 5.41) is 9.78. The molecule has 0 spiro atoms. The first-order valence-electron chi connectivity index (χ1n) is 5.88. The van der Waals surface area contributed by atoms with E-state index in [0.717, 1.165) is 0 Å². The maximum absolute atomic E-state index is 11.8. The molecule has 20 heavy (non-hydrogen) atoms. The molecule has 1 heterocycles. The number of hydrogen-bond donors (Lipinski definition) is 2. The minimum Gasteiger partial charge on any atom is -0.326 e. The number of carbonyl (C=O) groups excluding carboxylic acids is 2. The van der Waals surface area contributed by atoms with Crippen LogP contribution in [0.25, 0.3) is 0 Å². The van der Waals surface area contributed by atoms with Crippen LogP contribution in [0.4, 0.5) is 11.4 Å². The molecule has 2 rings (SSSR count). The van der Waals surface area contributed by atoms with Crippen LogP contribution >= 0.6 is 11.6 Å². The highest BCUT2D eigenvalue weighted by Gasteiger charge is 2.05. The predicted molar refractivity (Wildman–Crippen MR) is 76.6 cm³/mol. The normalized spacial score (nSPS) is 10.1. The van der Waals surface area contributed by atoms with Crippen LogP contribution < -0.4 is 10.6 Å². The third kappa shape index (κ3) is 4.10. The molecule has 0 saturated carbocycles. The maximum atomic E-state index is 11.8. The zero-order valence-corrected chi connectivity index (χ0v) is 11.5. The van der Waals surface area contributed by atoms with Crippen LogP contribution in [-0.2, 0) is 16.1 Å². The van der Waals surface area contributed by atoms with Gasteiger partial charge < -0.3 is 10.6 Å². The van der Waals surface area contributed by atoms with Gasteiger partial charge in [-0.1, -0.05) is 11.6 Å². The lowest BCUT2D eigenvalue weighted by Gasteiger charge is -2.07. The molecular weight excluding hydrogens is 280 g/mol. The highest BCUT2D eigenvalue weighted by molar-refractivity contribution is 6.30. The molecule has 0 atom stereocenters. The summed E-state index contributed by atoms with van der Waals surface area (Å²) in [6.45, 7) is 1.52. The van der Waals surface area contributed by atoms with Gasteiger partial charge in [0.2, 0.25) is 11.8 Å². The largest absolute Gasteiger partial charge is 0.326 e. The number of benzene rings is 1. The van der Waals surface area contributed by atoms with Crippen molar-refractivity contribution in [1.29, 1.82) is 0 Å². The van der Waals surface area contributed by atoms with Gasteiger partial charge in [0.25, 0.3) is 0 Å². The molecule has 0 aliphatic heterocycles. The van der Waals surface area contributed by atoms with Crippen molar-refractivity contribution in [3.05, 3.63) is 41.7 Å². The Morgan fingerprint density at radius 3 is 2.30 bits per heavy atom. The first kappa shape index (κ1) is 14.1. The molecule has 0 bridgehead atoms. The van der Waals surface area contributed by atoms with Crippen molar-refractivity contribution in [3.63, 3.8) is 0 Å². The monoisotopic (exact) mass is 292 g/mol. The summed E-state index contributed by atoms with van der Waals surface area (Å²) in [5.41, 5.74) is 1.32. The van der Waals surface area contributed by atoms with Gasteiger partial charge in [0, 0.05) is 24.5 Å². The Hall–Kier alpha value is -2.34. The fraction of sp³-hybridized carbons (Fsp3) is 0.154. The van der Waals surface area contributed by atoms with Gasteiger partial charge in [-0.15, -0.1) is 0 Å². The van der Waals surface area contributed by atoms with Gasteiger partial charge in [-0.3, -0.25) is 14.3 Å². The molecule has 104 valence electrons. The fourth-order valence-corrected chi connectivity index (χ4v) is 1.77. The van der Waals surface area contributed by atoms with Gasteiger partial charge in [-0.25, -0.2) is 0 Å². The zero-order chi connectivity index (χ0) is 14.5. The molecule has 0 unspecified atom stereocenters. The van der Waals surface area contributed by atoms with E-state index >= 15 is 0 Å². The molecule has 0 aliphatic rings. The molecule has 0 saturated heterocycles. The SMILES string of the molecule is CC(=O)Nc1ccc(NC(=O)Cn2cc(Cl)cn2)cc1. The number of hydrogen-bond acceptors (Lipinski definition) is 3. The van der Waals surface area contributed by atoms with E-state index in [9.17, 15) is 9.59 Å². The van der Waals surface area contributed by atoms with Crippen molar-refractivity contribution < 1.29 is 9.59 Å². The number of carbonyl (C=O) groups is 2. The summed E-state index contributed by atoms with van der Waals surface area (Å²) in [6, 6.07) is 6.84. The quantitative estimate of drug-likeness (QED) is 0.906. The van der Waals surface area contributed by atoms with Crippen LogP contribution in [0.3, 0.4) is 0 Å². The van der Waals surface area contributed by atoms with Crippen molar-refractivity contribution in [2.24, 2.45) is 0 Å². The number of nitrogens with zero attached hydrogens (tertiary/aromatic N) is 2. The molecule has 1 aromatic heterocycles. The average molecular weight is 293 g/mol. The van der Waals surface area contributed by atoms with Crippen LogP contribution in [-0.4, -0.2) is 21.6 Å². The van der Waals surface area contributed by atoms with Crippen molar-refractivity contribution >= 4 is 34.8 Å². The van der Waals surface area contributed by atoms with Crippen LogP contribution in [0.2, 0.25) is 5.02 Å². The number of aromatic nitrogens is 2. The second kappa shape index (κ2) is 6.21. The lowest BCUT2D eigenvalue weighted by molar-refractivity contribution is -0.117. The third-order valence-electron chi connectivity index (χ3n) is 2.40. The van der Waals surface area contributed by atoms with Crippen molar-refractivity contribution in [3.8, 4) is 0 Å². The lowest BCUT2D eigenvalue weighted by Crippen LogP contribution is -2.19. The molecule has 7 heteroatoms. The van der Waals surface area contributed by atoms with E-state index in [0.29, 0.717) is 16.4 Å². The van der Waals surface area contributed by atoms with Gasteiger partial charge in [-0.05, 0) is 24.3 Å². The Morgan fingerprint density at radius 1 is 1.20 bits per heavy atom. The Labute approximate surface area is 120 Å². The van der Waals surface area contributed by atoms with Crippen molar-refractivity contribution in [1.82, 2.24) is 9.78 Å². The van der Waals surface area contributed by atoms with E-state index in [1.807, 2.05) is 0 Å². The molecule has 0 aliphatic carbocycles. The van der Waals surface area contributed by atoms with E-state index in [4.69, 9.17) is 11.6 Å². The van der Waals surface area contributed by atoms with Gasteiger partial charge in [0.15, 0.2) is 0 Å². The molecule has 6 nitrogen and oxygen atoms in total. The molecule has 2 amide bonds. The van der Waals surface area contributed by atoms with E-state index < -0.39 is 0 Å². The van der Waals surface area contributed by atoms with Crippen molar-refractivity contribution in [2.45, 2.75) is 13.5 Å². The van der Waals surface area contributed by atoms with Crippen molar-refractivity contribution in [2.75, 3.05) is 10.6 Å². The lowest BCUT2D eigenvalue weighted by atomic mass is 10.2. The standard InChI is InChI=1S/C13H13ClN4O2/c1-9(19)16-11-2-4-12(5-3-11)17-13(20)8-18-7-10(14)6-15-18/h2-7H,8H2,1H3,(H,16,19)(H,17,20). The molecule has 0 radical (unpaired) electrons. The summed E-state index contributed by atoms with van der Waals surface area (Å²) < 4.78 is 1.45. The fourth-order valence-electron chi connectivity index (χ4n) is 1.61. The number of halogens is 1. The minimum absolute atomic E-state index is 0.0835. The Morgan fingerprint density at radius 2 is 1.80 bits per heavy atom. The summed E-state index contributed by atoms with van der Waals surface area (Å²) in [5.74, 6) is -0.352. The Kier molecular flexibility index (Phi) is 4.37. The molecule has 2 N–H and O–H groups in total. The summed E-state index contributed by atoms with van der Waals surface area (Å²) in [6.07, 6.45) is 3.04. The van der Waals surface area contributed by atoms with Gasteiger partial charge in [0.1, 0.15) is 6.54 Å². The summed E-state index contributed by atoms with van der Waals surface area (Å²) in [4.78, 5) is 22.6. The van der Waals surface area contributed by atoms with Gasteiger partial charge >= 0.3 is 0 Å². The van der Waals surface area contributed by atoms with Crippen LogP contribution in [0, 0.1) is 0 Å². The van der Waals surface area contributed by atoms with E-state index in [1.165, 1.54) is 17.8 Å². The highest BCUT2D eigenvalue weighted by Crippen LogP contribution is 2.13. The number of anilines is 2. The molecular formula is C13H13ClN4O2. The number of nitrogens with one attached hydrogen (secondary N) is 2. The van der Waals surface area contributed by atoms with Crippen LogP contribution in [0.15, 0.2) is 36.7 Å². The first-order valence-corrected chi connectivity index (χ1v) is 6.26. The summed E-state index contributed by atoms with van der Waals surface area (Å²) >= 11 is 5.71. The maximum Gasteiger partial charge on any atom is 0.246 e. The molecule has 0 fully saturated rings. The minimum atomic E-state index is -0.211. The topological polar surface area (TPSA) is 76.0 Å². The second-order valence-corrected chi connectivity index (χ2v) is 4.60. The second-order valence-electron chi connectivity index (χ2n) is 4.16. The average Bonchev–Trinajstić information content (AvgIpc) is 2.76. The summed E-state index contributed by atoms with van der Waals surface area (Å²) in [7, 11) is 0. The molecule has 2 aromatic rings. The number of amides is 2. The third-order valence-corrected chi connectivity index (χ3v) is 2.59. The van der Waals surface area contributed by atoms with E-state index in [1.54, 1.807) is 30.5 Å². The van der Waals surface area contributed by atoms with E-state index in [-0.39, 0.29) is 18.4 Å². The first-order chi connectivity index (χ1) is 9.52. The Balaban J connectivity index is 1.92. The predicted octanol–water partition coefficient (Wildman–Crippen LogP) is 2.13. The number of rotatable bonds is 4. The molecule has 1 aromatic carbocycles. The smallest absolute Gasteiger partial charge is 0.246 e. The highest BCUT2D eigenvalue weighted by atomic mass is 35.5. The van der Waals surface area contributed by atoms with Crippen LogP contribution in [0.5, 0.6) is 0 Å². The van der Waals surface area contributed by atoms with Gasteiger partial charge in [-0.2, -0.15) is 5.10 Å².